The van der Waals surface area contributed by atoms with Crippen molar-refractivity contribution in [1.82, 2.24) is 0 Å². The summed E-state index contributed by atoms with van der Waals surface area (Å²) >= 11 is 0. The minimum atomic E-state index is -2.09. The quantitative estimate of drug-likeness (QED) is 0.402. The van der Waals surface area contributed by atoms with E-state index in [1.807, 2.05) is 31.2 Å². The number of hydrogen-bond acceptors (Lipinski definition) is 3. The van der Waals surface area contributed by atoms with Gasteiger partial charge in [0.1, 0.15) is 5.41 Å². The second-order valence-electron chi connectivity index (χ2n) is 8.76. The van der Waals surface area contributed by atoms with Gasteiger partial charge in [0.05, 0.1) is 11.2 Å². The first-order valence-electron chi connectivity index (χ1n) is 11.6. The van der Waals surface area contributed by atoms with Crippen LogP contribution in [0, 0.1) is 17.8 Å². The van der Waals surface area contributed by atoms with Gasteiger partial charge < -0.3 is 14.6 Å². The summed E-state index contributed by atoms with van der Waals surface area (Å²) in [7, 11) is -2.09. The molecule has 0 saturated heterocycles. The first kappa shape index (κ1) is 25.2. The summed E-state index contributed by atoms with van der Waals surface area (Å²) in [6.45, 7) is 12.0. The molecule has 0 unspecified atom stereocenters. The first-order valence-corrected chi connectivity index (χ1v) is 14.1. The van der Waals surface area contributed by atoms with Crippen LogP contribution in [0.5, 0.6) is 0 Å². The van der Waals surface area contributed by atoms with Gasteiger partial charge in [0, 0.05) is 12.0 Å². The largest absolute Gasteiger partial charge is 0.546 e. The number of aryl methyl sites for hydroxylation is 1. The first-order chi connectivity index (χ1) is 14.6. The predicted molar refractivity (Wildman–Crippen MR) is 126 cm³/mol. The van der Waals surface area contributed by atoms with Crippen LogP contribution in [-0.2, 0) is 14.0 Å². The highest BCUT2D eigenvalue weighted by molar-refractivity contribution is 6.73. The van der Waals surface area contributed by atoms with Crippen LogP contribution in [0.3, 0.4) is 0 Å². The predicted octanol–water partition coefficient (Wildman–Crippen LogP) is 6.48. The minimum absolute atomic E-state index is 0.192. The third kappa shape index (κ3) is 3.84. The van der Waals surface area contributed by atoms with E-state index in [9.17, 15) is 19.8 Å². The van der Waals surface area contributed by atoms with Gasteiger partial charge in [-0.05, 0) is 55.4 Å². The molecule has 0 aromatic heterocycles. The molecule has 1 aromatic carbocycles. The molecule has 172 valence electrons. The lowest BCUT2D eigenvalue weighted by Crippen LogP contribution is -2.55. The van der Waals surface area contributed by atoms with Gasteiger partial charge in [0.15, 0.2) is 0 Å². The molecule has 0 spiro atoms. The summed E-state index contributed by atoms with van der Waals surface area (Å²) in [5, 5.41) is 21.1. The Morgan fingerprint density at radius 3 is 1.97 bits per heavy atom. The molecule has 0 amide bonds. The van der Waals surface area contributed by atoms with Crippen molar-refractivity contribution >= 4 is 25.8 Å². The van der Waals surface area contributed by atoms with Gasteiger partial charge in [-0.1, -0.05) is 58.9 Å². The molecule has 5 nitrogen and oxygen atoms in total. The molecule has 0 saturated carbocycles. The summed E-state index contributed by atoms with van der Waals surface area (Å²) in [4.78, 5) is 25.7. The summed E-state index contributed by atoms with van der Waals surface area (Å²) in [5.41, 5.74) is -0.614. The highest BCUT2D eigenvalue weighted by atomic mass is 28.4. The monoisotopic (exact) mass is 446 g/mol. The van der Waals surface area contributed by atoms with Crippen LogP contribution in [0.2, 0.25) is 18.1 Å². The lowest BCUT2D eigenvalue weighted by Gasteiger charge is -2.50. The summed E-state index contributed by atoms with van der Waals surface area (Å²) in [6, 6.07) is 10.5. The van der Waals surface area contributed by atoms with Crippen LogP contribution in [0.25, 0.3) is 5.57 Å². The average molecular weight is 447 g/mol. The van der Waals surface area contributed by atoms with E-state index in [-0.39, 0.29) is 19.3 Å². The topological polar surface area (TPSA) is 83.8 Å². The molecule has 0 heterocycles. The Hall–Kier alpha value is -2.08. The minimum Gasteiger partial charge on any atom is -0.546 e. The van der Waals surface area contributed by atoms with Crippen LogP contribution >= 0.6 is 0 Å². The normalized spacial score (nSPS) is 24.2. The van der Waals surface area contributed by atoms with Crippen molar-refractivity contribution in [2.75, 3.05) is 0 Å². The summed E-state index contributed by atoms with van der Waals surface area (Å²) in [5.74, 6) is -1.40. The van der Waals surface area contributed by atoms with Gasteiger partial charge in [-0.2, -0.15) is 0 Å². The van der Waals surface area contributed by atoms with Crippen molar-refractivity contribution in [2.45, 2.75) is 85.4 Å². The van der Waals surface area contributed by atoms with Crippen LogP contribution < -0.4 is 0 Å². The maximum Gasteiger partial charge on any atom is 0.315 e. The Labute approximate surface area is 187 Å². The highest BCUT2D eigenvalue weighted by Crippen LogP contribution is 2.61. The fraction of sp³-hybridized carbons (Fsp3) is 0.600. The van der Waals surface area contributed by atoms with E-state index in [1.165, 1.54) is 0 Å². The van der Waals surface area contributed by atoms with E-state index in [0.29, 0.717) is 17.8 Å². The van der Waals surface area contributed by atoms with Gasteiger partial charge in [-0.3, -0.25) is 9.59 Å². The maximum absolute atomic E-state index is 13.1. The number of carboxylic acids is 2. The fourth-order valence-corrected chi connectivity index (χ4v) is 8.26. The Balaban J connectivity index is 2.99. The van der Waals surface area contributed by atoms with Crippen molar-refractivity contribution in [1.29, 1.82) is 0 Å². The van der Waals surface area contributed by atoms with E-state index in [4.69, 9.17) is 4.43 Å². The van der Waals surface area contributed by atoms with Crippen molar-refractivity contribution in [3.63, 3.8) is 0 Å². The van der Waals surface area contributed by atoms with Crippen molar-refractivity contribution in [3.05, 3.63) is 41.2 Å². The number of allylic oxidation sites excluding steroid dienone is 1. The molecule has 1 aromatic rings. The van der Waals surface area contributed by atoms with Crippen LogP contribution in [0.15, 0.2) is 30.0 Å². The molecule has 0 radical (unpaired) electrons. The second-order valence-corrected chi connectivity index (χ2v) is 13.5. The third-order valence-corrected chi connectivity index (χ3v) is 12.4. The van der Waals surface area contributed by atoms with Crippen molar-refractivity contribution in [2.24, 2.45) is 10.8 Å². The molecule has 1 aliphatic carbocycles. The van der Waals surface area contributed by atoms with E-state index in [2.05, 4.69) is 20.8 Å². The van der Waals surface area contributed by atoms with Crippen molar-refractivity contribution in [3.8, 4) is 0 Å². The molecule has 31 heavy (non-hydrogen) atoms. The van der Waals surface area contributed by atoms with Gasteiger partial charge in [0.2, 0.25) is 8.32 Å². The number of carboxylic acid groups (broad SMARTS) is 2. The summed E-state index contributed by atoms with van der Waals surface area (Å²) in [6.07, 6.45) is 1.17. The smallest absolute Gasteiger partial charge is 0.315 e. The van der Waals surface area contributed by atoms with E-state index >= 15 is 0 Å². The number of carbonyl (C=O) groups is 2. The number of rotatable bonds is 10. The van der Waals surface area contributed by atoms with Crippen LogP contribution in [0.4, 0.5) is 0 Å². The van der Waals surface area contributed by atoms with Gasteiger partial charge in [-0.25, -0.2) is 0 Å². The molecule has 6 heteroatoms. The number of aliphatic carboxylic acids is 2. The molecule has 2 N–H and O–H groups in total. The molecule has 2 rings (SSSR count). The molecule has 1 aliphatic rings. The number of benzene rings is 1. The molecular formula is C25H38O5Si. The van der Waals surface area contributed by atoms with Crippen LogP contribution in [-0.4, -0.2) is 30.5 Å². The van der Waals surface area contributed by atoms with Gasteiger partial charge in [-0.15, -0.1) is 0 Å². The maximum atomic E-state index is 13.1. The Morgan fingerprint density at radius 1 is 0.968 bits per heavy atom. The Bertz CT molecular complexity index is 849. The molecule has 0 fully saturated rings. The van der Waals surface area contributed by atoms with E-state index in [1.54, 1.807) is 13.8 Å². The number of hydrogen-bond donors (Lipinski definition) is 2. The van der Waals surface area contributed by atoms with E-state index < -0.39 is 31.1 Å². The van der Waals surface area contributed by atoms with Gasteiger partial charge in [0.25, 0.3) is 0 Å². The second kappa shape index (κ2) is 9.59. The lowest BCUT2D eigenvalue weighted by atomic mass is 9.51. The standard InChI is InChI=1S/C25H38O5Si/c1-7-24(22(26)27)17-16-20(30-31(9-3,10-4)11-5)21(25(24,8-2)23(28)29)19-15-13-12-14-18(19)6/h12-15H,7-11,16-17H2,1-6H3,(H,26,27)(H,28,29)/t24-,25+/m1/s1. The zero-order valence-corrected chi connectivity index (χ0v) is 20.9. The fourth-order valence-electron chi connectivity index (χ4n) is 5.60. The van der Waals surface area contributed by atoms with Gasteiger partial charge >= 0.3 is 11.9 Å². The molecule has 2 atom stereocenters. The average Bonchev–Trinajstić information content (AvgIpc) is 2.77. The zero-order valence-electron chi connectivity index (χ0n) is 19.9. The molecule has 0 bridgehead atoms. The zero-order chi connectivity index (χ0) is 23.4. The molecular weight excluding hydrogens is 408 g/mol. The van der Waals surface area contributed by atoms with Crippen molar-refractivity contribution < 1.29 is 24.2 Å². The van der Waals surface area contributed by atoms with Crippen LogP contribution in [0.1, 0.15) is 71.4 Å². The summed E-state index contributed by atoms with van der Waals surface area (Å²) < 4.78 is 6.84. The Kier molecular flexibility index (Phi) is 7.79. The third-order valence-electron chi connectivity index (χ3n) is 7.90. The Morgan fingerprint density at radius 2 is 1.55 bits per heavy atom. The highest BCUT2D eigenvalue weighted by Gasteiger charge is 2.64. The molecule has 0 aliphatic heterocycles. The SMILES string of the molecule is CC[C@]1(C(=O)O)CCC(O[Si](CC)(CC)CC)=C(c2ccccc2C)[C@@]1(CC)C(=O)O. The lowest BCUT2D eigenvalue weighted by molar-refractivity contribution is -0.171. The van der Waals surface area contributed by atoms with E-state index in [0.717, 1.165) is 29.3 Å².